The van der Waals surface area contributed by atoms with Crippen molar-refractivity contribution in [3.05, 3.63) is 71.5 Å². The molecule has 2 aromatic rings. The Kier molecular flexibility index (Phi) is 7.88. The van der Waals surface area contributed by atoms with Crippen LogP contribution in [0.2, 0.25) is 5.02 Å². The first-order valence-electron chi connectivity index (χ1n) is 8.25. The molecule has 29 heavy (non-hydrogen) atoms. The Morgan fingerprint density at radius 3 is 2.83 bits per heavy atom. The van der Waals surface area contributed by atoms with Gasteiger partial charge < -0.3 is 10.0 Å². The normalized spacial score (nSPS) is 20.5. The number of rotatable bonds is 6. The van der Waals surface area contributed by atoms with Gasteiger partial charge in [-0.3, -0.25) is 9.98 Å². The molecule has 0 saturated carbocycles. The van der Waals surface area contributed by atoms with E-state index in [1.54, 1.807) is 29.4 Å². The third-order valence-corrected chi connectivity index (χ3v) is 6.76. The number of halogens is 2. The molecule has 1 aromatic heterocycles. The number of nitrogens with two attached hydrogens (primary N) is 1. The van der Waals surface area contributed by atoms with Crippen molar-refractivity contribution in [2.24, 2.45) is 10.1 Å². The quantitative estimate of drug-likeness (QED) is 0.568. The van der Waals surface area contributed by atoms with Gasteiger partial charge in [0, 0.05) is 24.5 Å². The van der Waals surface area contributed by atoms with Crippen molar-refractivity contribution in [3.63, 3.8) is 0 Å². The Morgan fingerprint density at radius 2 is 2.21 bits per heavy atom. The number of thioether (sulfide) groups is 1. The van der Waals surface area contributed by atoms with Crippen LogP contribution in [0.4, 0.5) is 0 Å². The molecule has 0 amide bonds. The van der Waals surface area contributed by atoms with Crippen molar-refractivity contribution in [2.45, 2.75) is 17.2 Å². The van der Waals surface area contributed by atoms with E-state index in [2.05, 4.69) is 16.6 Å². The highest BCUT2D eigenvalue weighted by molar-refractivity contribution is 8.93. The van der Waals surface area contributed by atoms with Crippen LogP contribution in [0.25, 0.3) is 0 Å². The van der Waals surface area contributed by atoms with Crippen molar-refractivity contribution in [1.29, 1.82) is 0 Å². The zero-order valence-corrected chi connectivity index (χ0v) is 19.3. The summed E-state index contributed by atoms with van der Waals surface area (Å²) in [6.45, 7) is 4.47. The molecule has 1 unspecified atom stereocenters. The number of pyridine rings is 1. The fourth-order valence-corrected chi connectivity index (χ4v) is 5.09. The molecule has 1 saturated heterocycles. The number of aromatic nitrogens is 1. The van der Waals surface area contributed by atoms with Gasteiger partial charge in [0.1, 0.15) is 4.90 Å². The molecule has 0 radical (unpaired) electrons. The highest BCUT2D eigenvalue weighted by Gasteiger charge is 2.44. The van der Waals surface area contributed by atoms with Gasteiger partial charge in [-0.05, 0) is 23.8 Å². The van der Waals surface area contributed by atoms with E-state index < -0.39 is 15.7 Å². The number of aliphatic imine (C=N–C) groups is 1. The number of amidine groups is 1. The zero-order valence-electron chi connectivity index (χ0n) is 15.2. The van der Waals surface area contributed by atoms with Gasteiger partial charge in [-0.25, -0.2) is 13.6 Å². The fourth-order valence-electron chi connectivity index (χ4n) is 2.83. The molecule has 3 N–H and O–H groups in total. The average Bonchev–Trinajstić information content (AvgIpc) is 2.98. The van der Waals surface area contributed by atoms with Gasteiger partial charge in [0.05, 0.1) is 17.3 Å². The van der Waals surface area contributed by atoms with E-state index in [0.29, 0.717) is 23.8 Å². The first-order chi connectivity index (χ1) is 13.3. The van der Waals surface area contributed by atoms with Crippen LogP contribution < -0.4 is 5.14 Å². The summed E-state index contributed by atoms with van der Waals surface area (Å²) in [5, 5.41) is 17.3. The van der Waals surface area contributed by atoms with Crippen LogP contribution >= 0.6 is 40.3 Å². The van der Waals surface area contributed by atoms with E-state index in [9.17, 15) is 13.5 Å². The van der Waals surface area contributed by atoms with Crippen molar-refractivity contribution >= 4 is 55.5 Å². The number of sulfonamides is 1. The lowest BCUT2D eigenvalue weighted by atomic mass is 10.0. The fraction of sp³-hybridized carbons (Fsp3) is 0.222. The Hall–Kier alpha value is -1.43. The summed E-state index contributed by atoms with van der Waals surface area (Å²) in [6, 6.07) is 8.04. The van der Waals surface area contributed by atoms with E-state index in [4.69, 9.17) is 16.7 Å². The molecule has 1 atom stereocenters. The van der Waals surface area contributed by atoms with E-state index in [-0.39, 0.29) is 32.7 Å². The van der Waals surface area contributed by atoms with Gasteiger partial charge in [0.25, 0.3) is 0 Å². The molecular formula is C18H20BrClN4O3S2. The van der Waals surface area contributed by atoms with E-state index >= 15 is 0 Å². The molecule has 0 spiro atoms. The number of nitrogens with zero attached hydrogens (tertiary/aromatic N) is 3. The molecule has 0 bridgehead atoms. The van der Waals surface area contributed by atoms with Gasteiger partial charge in [-0.15, -0.1) is 23.6 Å². The molecule has 0 aliphatic carbocycles. The molecule has 1 fully saturated rings. The van der Waals surface area contributed by atoms with Crippen LogP contribution in [0.15, 0.2) is 65.3 Å². The number of benzene rings is 1. The minimum absolute atomic E-state index is 0. The molecule has 1 aliphatic rings. The average molecular weight is 520 g/mol. The number of aliphatic hydroxyl groups is 1. The molecule has 156 valence electrons. The largest absolute Gasteiger partial charge is 0.366 e. The third kappa shape index (κ3) is 5.19. The SMILES string of the molecule is Br.C=CCN1C(=NCc2cccnc2)SCC1(O)c1ccc(Cl)c(S(N)(=O)=O)c1. The second-order valence-electron chi connectivity index (χ2n) is 6.15. The minimum atomic E-state index is -4.03. The van der Waals surface area contributed by atoms with Crippen LogP contribution in [-0.4, -0.2) is 40.9 Å². The second-order valence-corrected chi connectivity index (χ2v) is 9.03. The number of hydrogen-bond acceptors (Lipinski definition) is 6. The maximum atomic E-state index is 11.8. The van der Waals surface area contributed by atoms with Gasteiger partial charge >= 0.3 is 0 Å². The summed E-state index contributed by atoms with van der Waals surface area (Å²) in [5.41, 5.74) is -0.175. The lowest BCUT2D eigenvalue weighted by Crippen LogP contribution is -2.45. The summed E-state index contributed by atoms with van der Waals surface area (Å²) in [6.07, 6.45) is 5.06. The highest BCUT2D eigenvalue weighted by Crippen LogP contribution is 2.40. The number of hydrogen-bond donors (Lipinski definition) is 2. The smallest absolute Gasteiger partial charge is 0.239 e. The zero-order chi connectivity index (χ0) is 20.4. The van der Waals surface area contributed by atoms with Crippen molar-refractivity contribution in [3.8, 4) is 0 Å². The van der Waals surface area contributed by atoms with Gasteiger partial charge in [-0.1, -0.05) is 41.6 Å². The number of primary sulfonamides is 1. The molecular weight excluding hydrogens is 500 g/mol. The summed E-state index contributed by atoms with van der Waals surface area (Å²) in [5.74, 6) is 0.262. The lowest BCUT2D eigenvalue weighted by molar-refractivity contribution is -0.0425. The summed E-state index contributed by atoms with van der Waals surface area (Å²) in [4.78, 5) is 10.1. The molecule has 7 nitrogen and oxygen atoms in total. The molecule has 11 heteroatoms. The van der Waals surface area contributed by atoms with Crippen molar-refractivity contribution in [1.82, 2.24) is 9.88 Å². The Morgan fingerprint density at radius 1 is 1.45 bits per heavy atom. The minimum Gasteiger partial charge on any atom is -0.366 e. The third-order valence-electron chi connectivity index (χ3n) is 4.21. The maximum Gasteiger partial charge on any atom is 0.239 e. The van der Waals surface area contributed by atoms with Crippen LogP contribution in [0.3, 0.4) is 0 Å². The van der Waals surface area contributed by atoms with Gasteiger partial charge in [0.2, 0.25) is 10.0 Å². The summed E-state index contributed by atoms with van der Waals surface area (Å²) < 4.78 is 23.6. The van der Waals surface area contributed by atoms with E-state index in [0.717, 1.165) is 5.56 Å². The van der Waals surface area contributed by atoms with E-state index in [1.165, 1.54) is 23.9 Å². The lowest BCUT2D eigenvalue weighted by Gasteiger charge is -2.34. The summed E-state index contributed by atoms with van der Waals surface area (Å²) in [7, 11) is -4.03. The van der Waals surface area contributed by atoms with Crippen LogP contribution in [0.1, 0.15) is 11.1 Å². The maximum absolute atomic E-state index is 11.8. The first-order valence-corrected chi connectivity index (χ1v) is 11.2. The Balaban J connectivity index is 0.00000300. The predicted octanol–water partition coefficient (Wildman–Crippen LogP) is 2.90. The monoisotopic (exact) mass is 518 g/mol. The molecule has 3 rings (SSSR count). The van der Waals surface area contributed by atoms with E-state index in [1.807, 2.05) is 12.1 Å². The van der Waals surface area contributed by atoms with Gasteiger partial charge in [0.15, 0.2) is 10.9 Å². The van der Waals surface area contributed by atoms with Crippen molar-refractivity contribution in [2.75, 3.05) is 12.3 Å². The molecule has 1 aliphatic heterocycles. The van der Waals surface area contributed by atoms with Crippen LogP contribution in [0, 0.1) is 0 Å². The predicted molar refractivity (Wildman–Crippen MR) is 122 cm³/mol. The first kappa shape index (κ1) is 23.8. The second kappa shape index (κ2) is 9.59. The summed E-state index contributed by atoms with van der Waals surface area (Å²) >= 11 is 7.34. The van der Waals surface area contributed by atoms with Crippen LogP contribution in [-0.2, 0) is 22.3 Å². The standard InChI is InChI=1S/C18H19ClN4O3S2.BrH/c1-2-8-23-17(22-11-13-4-3-7-21-10-13)27-12-18(23,24)14-5-6-15(19)16(9-14)28(20,25)26;/h2-7,9-10,24H,1,8,11-12H2,(H2,20,25,26);1H. The molecule has 2 heterocycles. The van der Waals surface area contributed by atoms with Gasteiger partial charge in [-0.2, -0.15) is 0 Å². The van der Waals surface area contributed by atoms with Crippen LogP contribution in [0.5, 0.6) is 0 Å². The Labute approximate surface area is 189 Å². The molecule has 1 aromatic carbocycles. The van der Waals surface area contributed by atoms with Crippen molar-refractivity contribution < 1.29 is 13.5 Å². The highest BCUT2D eigenvalue weighted by atomic mass is 79.9. The topological polar surface area (TPSA) is 109 Å². The Bertz CT molecular complexity index is 1020.